The van der Waals surface area contributed by atoms with Crippen LogP contribution in [0.1, 0.15) is 70.5 Å². The number of aromatic nitrogens is 5. The number of piperidine rings is 1. The second-order valence-electron chi connectivity index (χ2n) is 11.0. The third kappa shape index (κ3) is 4.87. The Labute approximate surface area is 214 Å². The molecule has 0 saturated carbocycles. The van der Waals surface area contributed by atoms with Gasteiger partial charge in [0.15, 0.2) is 5.82 Å². The number of nitrogens with zero attached hydrogens (tertiary/aromatic N) is 5. The topological polar surface area (TPSA) is 119 Å². The summed E-state index contributed by atoms with van der Waals surface area (Å²) in [5, 5.41) is 8.80. The molecule has 1 fully saturated rings. The molecule has 1 aliphatic heterocycles. The van der Waals surface area contributed by atoms with Crippen LogP contribution in [0.3, 0.4) is 0 Å². The van der Waals surface area contributed by atoms with Gasteiger partial charge in [0.25, 0.3) is 11.4 Å². The molecule has 10 nitrogen and oxygen atoms in total. The molecule has 1 aliphatic rings. The molecule has 1 amide bonds. The number of amides is 1. The van der Waals surface area contributed by atoms with Crippen LogP contribution in [0.25, 0.3) is 17.1 Å². The first-order valence-corrected chi connectivity index (χ1v) is 12.5. The molecule has 4 aromatic rings. The van der Waals surface area contributed by atoms with E-state index >= 15 is 0 Å². The van der Waals surface area contributed by atoms with Crippen LogP contribution in [0.4, 0.5) is 4.79 Å². The van der Waals surface area contributed by atoms with Gasteiger partial charge in [0.2, 0.25) is 0 Å². The van der Waals surface area contributed by atoms with Gasteiger partial charge in [0.05, 0.1) is 17.3 Å². The number of aromatic amines is 1. The van der Waals surface area contributed by atoms with Gasteiger partial charge in [-0.2, -0.15) is 10.1 Å². The standard InChI is InChI=1S/C27H32N6O4/c1-26(2,3)36-25(35)32-13-11-17(12-14-32)20-15-21(34)29-22-19(16-28-33(20)22)23-30-24(31-37-23)27(4,5)18-9-7-6-8-10-18/h6-10,15-17H,11-14H2,1-5H3,(H,29,34). The van der Waals surface area contributed by atoms with E-state index in [1.807, 2.05) is 65.0 Å². The summed E-state index contributed by atoms with van der Waals surface area (Å²) in [5.74, 6) is 0.897. The molecule has 0 radical (unpaired) electrons. The van der Waals surface area contributed by atoms with Gasteiger partial charge in [-0.15, -0.1) is 0 Å². The van der Waals surface area contributed by atoms with Gasteiger partial charge >= 0.3 is 6.09 Å². The minimum absolute atomic E-state index is 0.0616. The second-order valence-corrected chi connectivity index (χ2v) is 11.0. The Morgan fingerprint density at radius 1 is 1.11 bits per heavy atom. The van der Waals surface area contributed by atoms with Gasteiger partial charge in [-0.25, -0.2) is 9.31 Å². The average Bonchev–Trinajstić information content (AvgIpc) is 3.51. The lowest BCUT2D eigenvalue weighted by molar-refractivity contribution is 0.0203. The molecule has 1 N–H and O–H groups in total. The maximum absolute atomic E-state index is 12.7. The van der Waals surface area contributed by atoms with Crippen molar-refractivity contribution >= 4 is 11.7 Å². The Balaban J connectivity index is 1.41. The van der Waals surface area contributed by atoms with Gasteiger partial charge in [0, 0.05) is 25.1 Å². The number of carbonyl (C=O) groups excluding carboxylic acids is 1. The normalized spacial score (nSPS) is 15.3. The van der Waals surface area contributed by atoms with Gasteiger partial charge in [-0.3, -0.25) is 4.79 Å². The fraction of sp³-hybridized carbons (Fsp3) is 0.444. The first kappa shape index (κ1) is 24.7. The van der Waals surface area contributed by atoms with E-state index in [-0.39, 0.29) is 17.6 Å². The van der Waals surface area contributed by atoms with E-state index in [9.17, 15) is 9.59 Å². The van der Waals surface area contributed by atoms with Crippen LogP contribution in [0.15, 0.2) is 51.9 Å². The molecule has 37 heavy (non-hydrogen) atoms. The minimum atomic E-state index is -0.538. The average molecular weight is 505 g/mol. The number of ether oxygens (including phenoxy) is 1. The molecular formula is C27H32N6O4. The van der Waals surface area contributed by atoms with Crippen molar-refractivity contribution < 1.29 is 14.1 Å². The second kappa shape index (κ2) is 9.17. The molecule has 0 spiro atoms. The number of likely N-dealkylation sites (tertiary alicyclic amines) is 1. The van der Waals surface area contributed by atoms with Crippen molar-refractivity contribution in [3.05, 3.63) is 70.0 Å². The highest BCUT2D eigenvalue weighted by Gasteiger charge is 2.31. The predicted octanol–water partition coefficient (Wildman–Crippen LogP) is 4.51. The smallest absolute Gasteiger partial charge is 0.410 e. The predicted molar refractivity (Wildman–Crippen MR) is 137 cm³/mol. The zero-order chi connectivity index (χ0) is 26.4. The first-order valence-electron chi connectivity index (χ1n) is 12.5. The fourth-order valence-corrected chi connectivity index (χ4v) is 4.71. The Morgan fingerprint density at radius 2 is 1.81 bits per heavy atom. The van der Waals surface area contributed by atoms with Gasteiger partial charge in [-0.1, -0.05) is 35.5 Å². The van der Waals surface area contributed by atoms with Crippen LogP contribution in [-0.4, -0.2) is 54.4 Å². The molecule has 0 unspecified atom stereocenters. The van der Waals surface area contributed by atoms with E-state index in [4.69, 9.17) is 9.26 Å². The summed E-state index contributed by atoms with van der Waals surface area (Å²) in [6.07, 6.45) is 2.72. The number of nitrogens with one attached hydrogen (secondary N) is 1. The summed E-state index contributed by atoms with van der Waals surface area (Å²) in [6.45, 7) is 10.7. The molecule has 194 valence electrons. The van der Waals surface area contributed by atoms with Crippen molar-refractivity contribution in [2.24, 2.45) is 0 Å². The highest BCUT2D eigenvalue weighted by molar-refractivity contribution is 5.71. The number of rotatable bonds is 4. The zero-order valence-electron chi connectivity index (χ0n) is 21.8. The van der Waals surface area contributed by atoms with Crippen molar-refractivity contribution in [3.8, 4) is 11.5 Å². The molecule has 0 bridgehead atoms. The van der Waals surface area contributed by atoms with Crippen molar-refractivity contribution in [2.75, 3.05) is 13.1 Å². The maximum Gasteiger partial charge on any atom is 0.410 e. The van der Waals surface area contributed by atoms with Crippen molar-refractivity contribution in [1.29, 1.82) is 0 Å². The van der Waals surface area contributed by atoms with E-state index in [2.05, 4.69) is 20.2 Å². The molecule has 1 aromatic carbocycles. The number of hydrogen-bond donors (Lipinski definition) is 1. The largest absolute Gasteiger partial charge is 0.444 e. The number of benzene rings is 1. The summed E-state index contributed by atoms with van der Waals surface area (Å²) in [6, 6.07) is 11.6. The summed E-state index contributed by atoms with van der Waals surface area (Å²) in [7, 11) is 0. The summed E-state index contributed by atoms with van der Waals surface area (Å²) in [4.78, 5) is 34.4. The van der Waals surface area contributed by atoms with Crippen LogP contribution in [0, 0.1) is 0 Å². The molecule has 0 atom stereocenters. The lowest BCUT2D eigenvalue weighted by Gasteiger charge is -2.33. The van der Waals surface area contributed by atoms with E-state index in [1.54, 1.807) is 21.7 Å². The van der Waals surface area contributed by atoms with Gasteiger partial charge in [0.1, 0.15) is 16.8 Å². The quantitative estimate of drug-likeness (QED) is 0.434. The molecule has 1 saturated heterocycles. The highest BCUT2D eigenvalue weighted by Crippen LogP contribution is 2.33. The Hall–Kier alpha value is -3.95. The van der Waals surface area contributed by atoms with Crippen molar-refractivity contribution in [2.45, 2.75) is 64.4 Å². The number of H-pyrrole nitrogens is 1. The van der Waals surface area contributed by atoms with Crippen LogP contribution >= 0.6 is 0 Å². The van der Waals surface area contributed by atoms with Crippen LogP contribution in [0.2, 0.25) is 0 Å². The van der Waals surface area contributed by atoms with Crippen LogP contribution in [-0.2, 0) is 10.2 Å². The van der Waals surface area contributed by atoms with E-state index in [0.29, 0.717) is 48.9 Å². The molecule has 3 aromatic heterocycles. The van der Waals surface area contributed by atoms with Gasteiger partial charge < -0.3 is 19.1 Å². The molecule has 10 heteroatoms. The number of fused-ring (bicyclic) bond motifs is 1. The van der Waals surface area contributed by atoms with Crippen LogP contribution < -0.4 is 5.56 Å². The fourth-order valence-electron chi connectivity index (χ4n) is 4.71. The van der Waals surface area contributed by atoms with Crippen molar-refractivity contribution in [3.63, 3.8) is 0 Å². The first-order chi connectivity index (χ1) is 17.5. The zero-order valence-corrected chi connectivity index (χ0v) is 21.8. The lowest BCUT2D eigenvalue weighted by Crippen LogP contribution is -2.41. The number of hydrogen-bond acceptors (Lipinski definition) is 7. The Morgan fingerprint density at radius 3 is 2.49 bits per heavy atom. The molecule has 4 heterocycles. The Kier molecular flexibility index (Phi) is 6.13. The summed E-state index contributed by atoms with van der Waals surface area (Å²) < 4.78 is 12.9. The third-order valence-electron chi connectivity index (χ3n) is 6.81. The van der Waals surface area contributed by atoms with E-state index in [0.717, 1.165) is 11.3 Å². The SMILES string of the molecule is CC(C)(C)OC(=O)N1CCC(c2cc(=O)[nH]c3c(-c4nc(C(C)(C)c5ccccc5)no4)cnn23)CC1. The monoisotopic (exact) mass is 504 g/mol. The molecule has 5 rings (SSSR count). The van der Waals surface area contributed by atoms with Crippen LogP contribution in [0.5, 0.6) is 0 Å². The summed E-state index contributed by atoms with van der Waals surface area (Å²) >= 11 is 0. The molecule has 0 aliphatic carbocycles. The van der Waals surface area contributed by atoms with E-state index < -0.39 is 11.0 Å². The molecular weight excluding hydrogens is 472 g/mol. The van der Waals surface area contributed by atoms with Gasteiger partial charge in [-0.05, 0) is 53.0 Å². The summed E-state index contributed by atoms with van der Waals surface area (Å²) in [5.41, 5.74) is 1.69. The van der Waals surface area contributed by atoms with E-state index in [1.165, 1.54) is 0 Å². The minimum Gasteiger partial charge on any atom is -0.444 e. The van der Waals surface area contributed by atoms with Crippen molar-refractivity contribution in [1.82, 2.24) is 29.6 Å². The Bertz CT molecular complexity index is 1470. The maximum atomic E-state index is 12.7. The highest BCUT2D eigenvalue weighted by atomic mass is 16.6. The number of carbonyl (C=O) groups is 1. The third-order valence-corrected chi connectivity index (χ3v) is 6.81. The lowest BCUT2D eigenvalue weighted by atomic mass is 9.84.